The van der Waals surface area contributed by atoms with E-state index >= 15 is 0 Å². The van der Waals surface area contributed by atoms with Crippen LogP contribution < -0.4 is 24.3 Å². The molecule has 1 atom stereocenters. The van der Waals surface area contributed by atoms with Gasteiger partial charge in [0.1, 0.15) is 24.0 Å². The minimum absolute atomic E-state index is 0. The Hall–Kier alpha value is -5.35. The molecule has 0 bridgehead atoms. The van der Waals surface area contributed by atoms with Gasteiger partial charge in [0.15, 0.2) is 23.0 Å². The number of ether oxygens (including phenoxy) is 4. The third-order valence-corrected chi connectivity index (χ3v) is 14.5. The Morgan fingerprint density at radius 3 is 1.58 bits per heavy atom. The van der Waals surface area contributed by atoms with Crippen LogP contribution in [-0.4, -0.2) is 91.4 Å². The maximum Gasteiger partial charge on any atom is 0.242 e. The molecule has 0 radical (unpaired) electrons. The molecule has 5 aliphatic rings. The molecule has 14 heteroatoms. The first kappa shape index (κ1) is 60.2. The summed E-state index contributed by atoms with van der Waals surface area (Å²) in [6.07, 6.45) is 5.47. The summed E-state index contributed by atoms with van der Waals surface area (Å²) in [6.45, 7) is 14.1. The number of aromatic nitrogens is 1. The van der Waals surface area contributed by atoms with Gasteiger partial charge in [-0.15, -0.1) is 11.6 Å². The van der Waals surface area contributed by atoms with Gasteiger partial charge in [-0.25, -0.2) is 0 Å². The van der Waals surface area contributed by atoms with Crippen LogP contribution in [-0.2, 0) is 81.7 Å². The third-order valence-electron chi connectivity index (χ3n) is 14.3. The summed E-state index contributed by atoms with van der Waals surface area (Å²) in [4.78, 5) is 52.6. The van der Waals surface area contributed by atoms with Crippen LogP contribution in [0.4, 0.5) is 5.69 Å². The van der Waals surface area contributed by atoms with Crippen molar-refractivity contribution >= 4 is 51.6 Å². The van der Waals surface area contributed by atoms with E-state index in [1.165, 1.54) is 16.2 Å². The van der Waals surface area contributed by atoms with Gasteiger partial charge in [-0.05, 0) is 114 Å². The van der Waals surface area contributed by atoms with Gasteiger partial charge < -0.3 is 46.1 Å². The normalized spacial score (nSPS) is 16.4. The zero-order valence-corrected chi connectivity index (χ0v) is 45.5. The van der Waals surface area contributed by atoms with Gasteiger partial charge in [0.2, 0.25) is 25.4 Å². The largest absolute Gasteiger partial charge is 0.454 e. The molecule has 73 heavy (non-hydrogen) atoms. The number of halogens is 1. The molecular formula is C59H78ClN4O8Pd-. The molecule has 0 saturated heterocycles. The van der Waals surface area contributed by atoms with Gasteiger partial charge in [0, 0.05) is 95.2 Å². The van der Waals surface area contributed by atoms with Crippen molar-refractivity contribution in [3.8, 4) is 23.0 Å². The number of carbonyl (C=O) groups is 4. The number of hydrogen-bond donors (Lipinski definition) is 1. The summed E-state index contributed by atoms with van der Waals surface area (Å²) in [5.41, 5.74) is 8.23. The molecule has 4 aromatic carbocycles. The zero-order chi connectivity index (χ0) is 49.6. The number of hydrogen-bond acceptors (Lipinski definition) is 9. The number of nitrogens with zero attached hydrogens (tertiary/aromatic N) is 3. The molecule has 2 amide bonds. The SMILES string of the molecule is C.C.CC(C)(C)C1Cc2cc(CC(=O)C3(c4ccc5c(c4)OCO5)CC3)ccc2N1.CN(C)C(=O)CCl.CN(C)C(=O)Cn1c(C(C)(C)C)cc2cc(CC(=O)C3(c4ccc5c(c4)OCO5)CC3)ccc21.[CH3-].[Pd]. The van der Waals surface area contributed by atoms with E-state index in [4.69, 9.17) is 30.5 Å². The van der Waals surface area contributed by atoms with Crippen LogP contribution in [0, 0.1) is 12.8 Å². The first-order valence-corrected chi connectivity index (χ1v) is 24.5. The van der Waals surface area contributed by atoms with Gasteiger partial charge >= 0.3 is 0 Å². The molecule has 0 spiro atoms. The van der Waals surface area contributed by atoms with Gasteiger partial charge in [-0.3, -0.25) is 19.2 Å². The van der Waals surface area contributed by atoms with Crippen LogP contribution in [0.3, 0.4) is 0 Å². The summed E-state index contributed by atoms with van der Waals surface area (Å²) in [7, 11) is 6.90. The number of nitrogens with one attached hydrogen (secondary N) is 1. The molecule has 1 unspecified atom stereocenters. The minimum Gasteiger partial charge on any atom is -0.454 e. The molecule has 10 rings (SSSR count). The standard InChI is InChI=1S/C28H32N2O4.C24H27NO3.C4H8ClNO.2CH4.CH3.Pd/c1-27(2,3)24-14-19-12-18(6-8-21(19)30(24)16-26(32)29(4)5)13-25(31)28(10-11-28)20-7-9-22-23(15-20)34-17-33-22;1-23(2,3)21-12-16-10-15(4-6-18(16)25-21)11-22(26)24(8-9-24)17-5-7-19-20(13-17)28-14-27-19;1-6(2)4(7)3-5;;;;/h6-9,12,14-15H,10-11,13,16-17H2,1-5H3;4-7,10,13,21,25H,8-9,11-12,14H2,1-3H3;3H2,1-2H3;2*1H4;1H3;/q;;;;;-1;. The van der Waals surface area contributed by atoms with Crippen LogP contribution in [0.25, 0.3) is 10.9 Å². The zero-order valence-electron chi connectivity index (χ0n) is 43.2. The molecule has 3 aliphatic heterocycles. The number of fused-ring (bicyclic) bond motifs is 4. The molecule has 2 saturated carbocycles. The first-order chi connectivity index (χ1) is 32.6. The maximum absolute atomic E-state index is 13.5. The Kier molecular flexibility index (Phi) is 19.4. The van der Waals surface area contributed by atoms with Gasteiger partial charge in [0.05, 0.1) is 10.8 Å². The smallest absolute Gasteiger partial charge is 0.242 e. The monoisotopic (exact) mass is 1110 g/mol. The van der Waals surface area contributed by atoms with E-state index in [1.807, 2.05) is 42.5 Å². The molecule has 2 aliphatic carbocycles. The molecule has 5 aromatic rings. The maximum atomic E-state index is 13.5. The van der Waals surface area contributed by atoms with E-state index < -0.39 is 5.41 Å². The summed E-state index contributed by atoms with van der Waals surface area (Å²) in [5.74, 6) is 3.62. The van der Waals surface area contributed by atoms with Crippen molar-refractivity contribution in [2.45, 2.75) is 130 Å². The van der Waals surface area contributed by atoms with Gasteiger partial charge in [-0.1, -0.05) is 86.7 Å². The fraction of sp³-hybridized carbons (Fsp3) is 0.475. The number of anilines is 1. The molecule has 1 N–H and O–H groups in total. The van der Waals surface area contributed by atoms with Crippen LogP contribution >= 0.6 is 11.6 Å². The fourth-order valence-electron chi connectivity index (χ4n) is 9.47. The number of carbonyl (C=O) groups excluding carboxylic acids is 4. The third kappa shape index (κ3) is 13.0. The second-order valence-corrected chi connectivity index (χ2v) is 22.0. The number of Topliss-reactive ketones (excluding diaryl/α,β-unsaturated/α-hetero) is 2. The average molecular weight is 1110 g/mol. The first-order valence-electron chi connectivity index (χ1n) is 24.0. The minimum atomic E-state index is -0.420. The van der Waals surface area contributed by atoms with E-state index in [0.29, 0.717) is 31.2 Å². The predicted octanol–water partition coefficient (Wildman–Crippen LogP) is 11.3. The number of ketones is 2. The molecule has 4 heterocycles. The summed E-state index contributed by atoms with van der Waals surface area (Å²) in [6, 6.07) is 27.1. The molecule has 400 valence electrons. The average Bonchev–Trinajstić information content (AvgIpc) is 4.03. The van der Waals surface area contributed by atoms with Crippen LogP contribution in [0.15, 0.2) is 78.9 Å². The molecule has 1 aromatic heterocycles. The van der Waals surface area contributed by atoms with Crippen LogP contribution in [0.2, 0.25) is 0 Å². The number of rotatable bonds is 11. The summed E-state index contributed by atoms with van der Waals surface area (Å²) in [5, 5.41) is 4.70. The Morgan fingerprint density at radius 1 is 0.658 bits per heavy atom. The Labute approximate surface area is 453 Å². The van der Waals surface area contributed by atoms with E-state index in [2.05, 4.69) is 87.8 Å². The van der Waals surface area contributed by atoms with E-state index in [1.54, 1.807) is 33.1 Å². The quantitative estimate of drug-likeness (QED) is 0.0781. The fourth-order valence-corrected chi connectivity index (χ4v) is 9.71. The number of alkyl halides is 1. The van der Waals surface area contributed by atoms with Crippen molar-refractivity contribution in [3.63, 3.8) is 0 Å². The van der Waals surface area contributed by atoms with Crippen molar-refractivity contribution in [3.05, 3.63) is 120 Å². The van der Waals surface area contributed by atoms with Gasteiger partial charge in [-0.2, -0.15) is 0 Å². The summed E-state index contributed by atoms with van der Waals surface area (Å²) >= 11 is 5.16. The van der Waals surface area contributed by atoms with E-state index in [0.717, 1.165) is 94.0 Å². The second-order valence-electron chi connectivity index (χ2n) is 21.7. The van der Waals surface area contributed by atoms with E-state index in [9.17, 15) is 19.2 Å². The number of amides is 2. The van der Waals surface area contributed by atoms with Gasteiger partial charge in [0.25, 0.3) is 0 Å². The van der Waals surface area contributed by atoms with Crippen LogP contribution in [0.1, 0.15) is 116 Å². The van der Waals surface area contributed by atoms with Crippen molar-refractivity contribution in [1.82, 2.24) is 14.4 Å². The Bertz CT molecular complexity index is 2800. The van der Waals surface area contributed by atoms with Crippen molar-refractivity contribution in [2.24, 2.45) is 5.41 Å². The van der Waals surface area contributed by atoms with Crippen molar-refractivity contribution in [2.75, 3.05) is 53.0 Å². The van der Waals surface area contributed by atoms with Crippen molar-refractivity contribution in [1.29, 1.82) is 0 Å². The van der Waals surface area contributed by atoms with Crippen LogP contribution in [0.5, 0.6) is 23.0 Å². The Morgan fingerprint density at radius 2 is 1.14 bits per heavy atom. The predicted molar refractivity (Wildman–Crippen MR) is 290 cm³/mol. The Balaban J connectivity index is 0.000000270. The molecular weight excluding hydrogens is 1030 g/mol. The molecule has 2 fully saturated rings. The van der Waals surface area contributed by atoms with Crippen molar-refractivity contribution < 1.29 is 58.5 Å². The summed E-state index contributed by atoms with van der Waals surface area (Å²) < 4.78 is 24.0. The topological polar surface area (TPSA) is 129 Å². The number of likely N-dealkylation sites (N-methyl/N-ethyl adjacent to an activating group) is 1. The second kappa shape index (κ2) is 23.5. The number of benzene rings is 4. The molecule has 12 nitrogen and oxygen atoms in total. The van der Waals surface area contributed by atoms with E-state index in [-0.39, 0.29) is 96.0 Å².